The molecule has 0 aliphatic carbocycles. The van der Waals surface area contributed by atoms with Crippen molar-refractivity contribution in [3.8, 4) is 0 Å². The molecule has 108 valence electrons. The number of hydrogen-bond donors (Lipinski definition) is 1. The number of aromatic nitrogens is 2. The number of aliphatic hydroxyl groups is 1. The summed E-state index contributed by atoms with van der Waals surface area (Å²) in [7, 11) is 0. The van der Waals surface area contributed by atoms with Crippen LogP contribution in [0.15, 0.2) is 29.3 Å². The Morgan fingerprint density at radius 3 is 2.40 bits per heavy atom. The van der Waals surface area contributed by atoms with Crippen LogP contribution in [0.5, 0.6) is 0 Å². The van der Waals surface area contributed by atoms with Crippen LogP contribution < -0.4 is 0 Å². The van der Waals surface area contributed by atoms with Gasteiger partial charge in [-0.2, -0.15) is 13.2 Å². The van der Waals surface area contributed by atoms with E-state index in [1.165, 1.54) is 6.07 Å². The largest absolute Gasteiger partial charge is 0.451 e. The zero-order chi connectivity index (χ0) is 15.0. The van der Waals surface area contributed by atoms with Gasteiger partial charge >= 0.3 is 6.18 Å². The predicted molar refractivity (Wildman–Crippen MR) is 71.6 cm³/mol. The Balaban J connectivity index is 2.50. The molecule has 0 bridgehead atoms. The number of alkyl halides is 3. The van der Waals surface area contributed by atoms with Crippen LogP contribution >= 0.6 is 11.8 Å². The molecule has 0 amide bonds. The Morgan fingerprint density at radius 1 is 1.15 bits per heavy atom. The van der Waals surface area contributed by atoms with E-state index in [-0.39, 0.29) is 16.3 Å². The van der Waals surface area contributed by atoms with E-state index in [0.29, 0.717) is 5.39 Å². The Labute approximate surface area is 118 Å². The van der Waals surface area contributed by atoms with Crippen LogP contribution in [0.4, 0.5) is 13.2 Å². The van der Waals surface area contributed by atoms with Crippen molar-refractivity contribution in [1.82, 2.24) is 9.97 Å². The molecule has 7 heteroatoms. The molecule has 0 aliphatic heterocycles. The molecule has 0 radical (unpaired) electrons. The second-order valence-corrected chi connectivity index (χ2v) is 5.93. The SMILES string of the molecule is CC(C)(O)CSc1nc(C(F)(F)F)nc2ccccc12. The summed E-state index contributed by atoms with van der Waals surface area (Å²) in [4.78, 5) is 7.13. The monoisotopic (exact) mass is 302 g/mol. The highest BCUT2D eigenvalue weighted by atomic mass is 32.2. The second kappa shape index (κ2) is 5.21. The molecule has 0 atom stereocenters. The normalized spacial score (nSPS) is 12.9. The molecule has 1 aromatic heterocycles. The van der Waals surface area contributed by atoms with Crippen LogP contribution in [0, 0.1) is 0 Å². The summed E-state index contributed by atoms with van der Waals surface area (Å²) >= 11 is 1.09. The lowest BCUT2D eigenvalue weighted by Crippen LogP contribution is -2.22. The smallest absolute Gasteiger partial charge is 0.390 e. The zero-order valence-electron chi connectivity index (χ0n) is 10.9. The Bertz CT molecular complexity index is 623. The first-order chi connectivity index (χ1) is 9.17. The molecule has 1 heterocycles. The number of benzene rings is 1. The van der Waals surface area contributed by atoms with Gasteiger partial charge in [-0.15, -0.1) is 11.8 Å². The first kappa shape index (κ1) is 15.1. The van der Waals surface area contributed by atoms with E-state index in [1.807, 2.05) is 0 Å². The number of nitrogens with zero attached hydrogens (tertiary/aromatic N) is 2. The molecule has 2 aromatic rings. The highest BCUT2D eigenvalue weighted by Gasteiger charge is 2.35. The van der Waals surface area contributed by atoms with Crippen molar-refractivity contribution in [2.45, 2.75) is 30.7 Å². The first-order valence-corrected chi connectivity index (χ1v) is 6.84. The van der Waals surface area contributed by atoms with Gasteiger partial charge in [0.2, 0.25) is 5.82 Å². The van der Waals surface area contributed by atoms with E-state index in [4.69, 9.17) is 0 Å². The van der Waals surface area contributed by atoms with Crippen LogP contribution in [0.2, 0.25) is 0 Å². The molecule has 20 heavy (non-hydrogen) atoms. The van der Waals surface area contributed by atoms with E-state index in [2.05, 4.69) is 9.97 Å². The molecule has 0 unspecified atom stereocenters. The van der Waals surface area contributed by atoms with Gasteiger partial charge in [-0.3, -0.25) is 0 Å². The maximum absolute atomic E-state index is 12.8. The van der Waals surface area contributed by atoms with Crippen molar-refractivity contribution >= 4 is 22.7 Å². The van der Waals surface area contributed by atoms with Crippen LogP contribution in [-0.2, 0) is 6.18 Å². The summed E-state index contributed by atoms with van der Waals surface area (Å²) in [5.41, 5.74) is -0.747. The Hall–Kier alpha value is -1.34. The minimum atomic E-state index is -4.59. The summed E-state index contributed by atoms with van der Waals surface area (Å²) in [5, 5.41) is 10.5. The molecule has 1 N–H and O–H groups in total. The highest BCUT2D eigenvalue weighted by Crippen LogP contribution is 2.32. The van der Waals surface area contributed by atoms with Gasteiger partial charge in [-0.1, -0.05) is 18.2 Å². The molecule has 0 fully saturated rings. The van der Waals surface area contributed by atoms with Crippen molar-refractivity contribution in [2.24, 2.45) is 0 Å². The van der Waals surface area contributed by atoms with Crippen molar-refractivity contribution in [3.05, 3.63) is 30.1 Å². The highest BCUT2D eigenvalue weighted by molar-refractivity contribution is 7.99. The fraction of sp³-hybridized carbons (Fsp3) is 0.385. The number of thioether (sulfide) groups is 1. The number of fused-ring (bicyclic) bond motifs is 1. The van der Waals surface area contributed by atoms with E-state index in [0.717, 1.165) is 11.8 Å². The van der Waals surface area contributed by atoms with Crippen LogP contribution in [0.1, 0.15) is 19.7 Å². The maximum Gasteiger partial charge on any atom is 0.451 e. The van der Waals surface area contributed by atoms with Crippen LogP contribution in [-0.4, -0.2) is 26.4 Å². The van der Waals surface area contributed by atoms with E-state index in [9.17, 15) is 18.3 Å². The average molecular weight is 302 g/mol. The van der Waals surface area contributed by atoms with Gasteiger partial charge in [0.05, 0.1) is 11.1 Å². The molecule has 1 aromatic carbocycles. The van der Waals surface area contributed by atoms with Gasteiger partial charge in [0.1, 0.15) is 5.03 Å². The topological polar surface area (TPSA) is 46.0 Å². The minimum absolute atomic E-state index is 0.227. The van der Waals surface area contributed by atoms with Gasteiger partial charge in [0.15, 0.2) is 0 Å². The zero-order valence-corrected chi connectivity index (χ0v) is 11.7. The Morgan fingerprint density at radius 2 is 1.80 bits per heavy atom. The lowest BCUT2D eigenvalue weighted by Gasteiger charge is -2.17. The third-order valence-corrected chi connectivity index (χ3v) is 3.82. The van der Waals surface area contributed by atoms with E-state index < -0.39 is 17.6 Å². The van der Waals surface area contributed by atoms with Gasteiger partial charge in [-0.25, -0.2) is 9.97 Å². The lowest BCUT2D eigenvalue weighted by atomic mass is 10.2. The summed E-state index contributed by atoms with van der Waals surface area (Å²) in [6, 6.07) is 6.52. The van der Waals surface area contributed by atoms with Crippen molar-refractivity contribution in [2.75, 3.05) is 5.75 Å². The quantitative estimate of drug-likeness (QED) is 0.696. The van der Waals surface area contributed by atoms with E-state index >= 15 is 0 Å². The summed E-state index contributed by atoms with van der Waals surface area (Å²) in [6.07, 6.45) is -4.59. The van der Waals surface area contributed by atoms with Crippen molar-refractivity contribution in [1.29, 1.82) is 0 Å². The number of rotatable bonds is 3. The maximum atomic E-state index is 12.8. The number of para-hydroxylation sites is 1. The molecule has 0 spiro atoms. The number of hydrogen-bond acceptors (Lipinski definition) is 4. The molecule has 0 aliphatic rings. The molecule has 0 saturated carbocycles. The summed E-state index contributed by atoms with van der Waals surface area (Å²) < 4.78 is 38.4. The lowest BCUT2D eigenvalue weighted by molar-refractivity contribution is -0.145. The third kappa shape index (κ3) is 3.61. The molecule has 0 saturated heterocycles. The van der Waals surface area contributed by atoms with E-state index in [1.54, 1.807) is 32.0 Å². The minimum Gasteiger partial charge on any atom is -0.390 e. The fourth-order valence-electron chi connectivity index (χ4n) is 1.53. The molecule has 2 rings (SSSR count). The summed E-state index contributed by atoms with van der Waals surface area (Å²) in [5.74, 6) is -0.917. The van der Waals surface area contributed by atoms with Gasteiger partial charge in [-0.05, 0) is 19.9 Å². The van der Waals surface area contributed by atoms with Crippen molar-refractivity contribution in [3.63, 3.8) is 0 Å². The predicted octanol–water partition coefficient (Wildman–Crippen LogP) is 3.51. The second-order valence-electron chi connectivity index (χ2n) is 4.97. The van der Waals surface area contributed by atoms with Gasteiger partial charge < -0.3 is 5.11 Å². The van der Waals surface area contributed by atoms with Crippen LogP contribution in [0.25, 0.3) is 10.9 Å². The molecule has 3 nitrogen and oxygen atoms in total. The van der Waals surface area contributed by atoms with Crippen molar-refractivity contribution < 1.29 is 18.3 Å². The molecular weight excluding hydrogens is 289 g/mol. The van der Waals surface area contributed by atoms with Crippen LogP contribution in [0.3, 0.4) is 0 Å². The first-order valence-electron chi connectivity index (χ1n) is 5.86. The third-order valence-electron chi connectivity index (χ3n) is 2.38. The molecular formula is C13H13F3N2OS. The Kier molecular flexibility index (Phi) is 3.93. The summed E-state index contributed by atoms with van der Waals surface area (Å²) in [6.45, 7) is 3.18. The number of halogens is 3. The average Bonchev–Trinajstić information content (AvgIpc) is 2.33. The van der Waals surface area contributed by atoms with Gasteiger partial charge in [0.25, 0.3) is 0 Å². The fourth-order valence-corrected chi connectivity index (χ4v) is 2.50. The standard InChI is InChI=1S/C13H13F3N2OS/c1-12(2,19)7-20-10-8-5-3-4-6-9(8)17-11(18-10)13(14,15)16/h3-6,19H,7H2,1-2H3. The van der Waals surface area contributed by atoms with Gasteiger partial charge in [0, 0.05) is 11.1 Å².